The zero-order chi connectivity index (χ0) is 15.8. The summed E-state index contributed by atoms with van der Waals surface area (Å²) in [6, 6.07) is 18.7. The molecule has 0 saturated carbocycles. The predicted molar refractivity (Wildman–Crippen MR) is 95.5 cm³/mol. The lowest BCUT2D eigenvalue weighted by atomic mass is 9.84. The summed E-state index contributed by atoms with van der Waals surface area (Å²) in [5.41, 5.74) is 4.40. The Labute approximate surface area is 141 Å². The first-order valence-electron chi connectivity index (χ1n) is 8.06. The molecule has 1 heterocycles. The van der Waals surface area contributed by atoms with Crippen molar-refractivity contribution < 1.29 is 4.79 Å². The molecule has 2 atom stereocenters. The smallest absolute Gasteiger partial charge is 0.162 e. The van der Waals surface area contributed by atoms with E-state index in [-0.39, 0.29) is 5.25 Å². The molecule has 1 aliphatic carbocycles. The largest absolute Gasteiger partial charge is 0.358 e. The third-order valence-electron chi connectivity index (χ3n) is 4.49. The summed E-state index contributed by atoms with van der Waals surface area (Å²) < 4.78 is 0. The number of ketones is 1. The summed E-state index contributed by atoms with van der Waals surface area (Å²) >= 11 is 1.78. The van der Waals surface area contributed by atoms with Gasteiger partial charge >= 0.3 is 0 Å². The minimum absolute atomic E-state index is 0.0716. The van der Waals surface area contributed by atoms with E-state index < -0.39 is 0 Å². The topological polar surface area (TPSA) is 29.1 Å². The van der Waals surface area contributed by atoms with Crippen molar-refractivity contribution >= 4 is 23.2 Å². The maximum Gasteiger partial charge on any atom is 0.162 e. The van der Waals surface area contributed by atoms with Gasteiger partial charge in [0.15, 0.2) is 5.78 Å². The normalized spacial score (nSPS) is 23.6. The highest BCUT2D eigenvalue weighted by atomic mass is 32.2. The molecule has 2 aromatic rings. The molecular formula is C20H19NOS. The number of anilines is 1. The van der Waals surface area contributed by atoms with Gasteiger partial charge < -0.3 is 5.32 Å². The molecule has 0 spiro atoms. The van der Waals surface area contributed by atoms with Crippen molar-refractivity contribution in [3.63, 3.8) is 0 Å². The second kappa shape index (κ2) is 5.89. The Morgan fingerprint density at radius 2 is 1.74 bits per heavy atom. The molecule has 23 heavy (non-hydrogen) atoms. The first-order valence-corrected chi connectivity index (χ1v) is 8.94. The first-order chi connectivity index (χ1) is 11.2. The molecule has 2 aromatic carbocycles. The van der Waals surface area contributed by atoms with Gasteiger partial charge in [-0.05, 0) is 30.0 Å². The molecule has 1 aliphatic heterocycles. The fourth-order valence-corrected chi connectivity index (χ4v) is 4.77. The molecule has 1 N–H and O–H groups in total. The van der Waals surface area contributed by atoms with Crippen LogP contribution in [0, 0.1) is 5.92 Å². The van der Waals surface area contributed by atoms with Crippen LogP contribution in [0.1, 0.15) is 30.6 Å². The average molecular weight is 321 g/mol. The van der Waals surface area contributed by atoms with Crippen LogP contribution in [-0.4, -0.2) is 5.78 Å². The standard InChI is InChI=1S/C20H19NOS/c1-13-11-16-19(17(22)12-13)20(14-7-3-2-4-8-14)23-18-10-6-5-9-15(18)21-16/h2-10,13,20-21H,11-12H2,1H3/t13-,20-/m0/s1. The fraction of sp³-hybridized carbons (Fsp3) is 0.250. The number of fused-ring (bicyclic) bond motifs is 1. The van der Waals surface area contributed by atoms with Crippen LogP contribution in [0.15, 0.2) is 70.8 Å². The molecule has 2 nitrogen and oxygen atoms in total. The van der Waals surface area contributed by atoms with Gasteiger partial charge in [0.1, 0.15) is 0 Å². The molecule has 0 unspecified atom stereocenters. The van der Waals surface area contributed by atoms with Gasteiger partial charge in [0.2, 0.25) is 0 Å². The average Bonchev–Trinajstić information content (AvgIpc) is 2.72. The van der Waals surface area contributed by atoms with Gasteiger partial charge in [-0.2, -0.15) is 0 Å². The molecule has 3 heteroatoms. The number of rotatable bonds is 1. The Bertz CT molecular complexity index is 781. The van der Waals surface area contributed by atoms with Crippen molar-refractivity contribution in [2.45, 2.75) is 29.9 Å². The van der Waals surface area contributed by atoms with Crippen LogP contribution in [0.2, 0.25) is 0 Å². The highest BCUT2D eigenvalue weighted by Crippen LogP contribution is 2.49. The number of Topliss-reactive ketones (excluding diaryl/α,β-unsaturated/α-hetero) is 1. The molecule has 4 rings (SSSR count). The summed E-state index contributed by atoms with van der Waals surface area (Å²) in [6.07, 6.45) is 1.60. The Balaban J connectivity index is 1.88. The van der Waals surface area contributed by atoms with Crippen LogP contribution in [0.3, 0.4) is 0 Å². The number of hydrogen-bond acceptors (Lipinski definition) is 3. The van der Waals surface area contributed by atoms with E-state index in [2.05, 4.69) is 54.7 Å². The number of carbonyl (C=O) groups is 1. The predicted octanol–water partition coefficient (Wildman–Crippen LogP) is 5.20. The number of hydrogen-bond donors (Lipinski definition) is 1. The lowest BCUT2D eigenvalue weighted by Crippen LogP contribution is -2.23. The van der Waals surface area contributed by atoms with Crippen LogP contribution in [0.4, 0.5) is 5.69 Å². The highest BCUT2D eigenvalue weighted by Gasteiger charge is 2.34. The van der Waals surface area contributed by atoms with Crippen molar-refractivity contribution in [2.24, 2.45) is 5.92 Å². The van der Waals surface area contributed by atoms with Gasteiger partial charge in [-0.15, -0.1) is 11.8 Å². The summed E-state index contributed by atoms with van der Waals surface area (Å²) in [5, 5.41) is 3.63. The fourth-order valence-electron chi connectivity index (χ4n) is 3.43. The number of thioether (sulfide) groups is 1. The number of allylic oxidation sites excluding steroid dienone is 1. The molecule has 2 aliphatic rings. The van der Waals surface area contributed by atoms with Crippen LogP contribution in [0.5, 0.6) is 0 Å². The Kier molecular flexibility index (Phi) is 3.74. The van der Waals surface area contributed by atoms with Crippen LogP contribution < -0.4 is 5.32 Å². The number of carbonyl (C=O) groups excluding carboxylic acids is 1. The summed E-state index contributed by atoms with van der Waals surface area (Å²) in [6.45, 7) is 2.16. The van der Waals surface area contributed by atoms with Gasteiger partial charge in [0.25, 0.3) is 0 Å². The van der Waals surface area contributed by atoms with E-state index >= 15 is 0 Å². The molecule has 0 bridgehead atoms. The molecular weight excluding hydrogens is 302 g/mol. The summed E-state index contributed by atoms with van der Waals surface area (Å²) in [5.74, 6) is 0.695. The van der Waals surface area contributed by atoms with Gasteiger partial charge in [0.05, 0.1) is 10.9 Å². The van der Waals surface area contributed by atoms with Gasteiger partial charge in [-0.1, -0.05) is 49.4 Å². The second-order valence-corrected chi connectivity index (χ2v) is 7.51. The SMILES string of the molecule is C[C@@H]1CC(=O)C2=C(C1)Nc1ccccc1S[C@H]2c1ccccc1. The molecule has 0 saturated heterocycles. The van der Waals surface area contributed by atoms with Gasteiger partial charge in [0, 0.05) is 22.6 Å². The monoisotopic (exact) mass is 321 g/mol. The van der Waals surface area contributed by atoms with Crippen LogP contribution in [-0.2, 0) is 4.79 Å². The Morgan fingerprint density at radius 3 is 2.57 bits per heavy atom. The number of benzene rings is 2. The van der Waals surface area contributed by atoms with E-state index in [1.54, 1.807) is 11.8 Å². The van der Waals surface area contributed by atoms with Crippen LogP contribution in [0.25, 0.3) is 0 Å². The molecule has 0 aromatic heterocycles. The van der Waals surface area contributed by atoms with Crippen LogP contribution >= 0.6 is 11.8 Å². The third-order valence-corrected chi connectivity index (χ3v) is 5.85. The van der Waals surface area contributed by atoms with E-state index in [0.29, 0.717) is 18.1 Å². The van der Waals surface area contributed by atoms with Crippen molar-refractivity contribution in [1.82, 2.24) is 0 Å². The van der Waals surface area contributed by atoms with E-state index in [9.17, 15) is 4.79 Å². The molecule has 0 radical (unpaired) electrons. The van der Waals surface area contributed by atoms with Crippen molar-refractivity contribution in [3.05, 3.63) is 71.4 Å². The number of para-hydroxylation sites is 1. The first kappa shape index (κ1) is 14.6. The lowest BCUT2D eigenvalue weighted by Gasteiger charge is -2.27. The Hall–Kier alpha value is -2.00. The highest BCUT2D eigenvalue weighted by molar-refractivity contribution is 8.00. The minimum Gasteiger partial charge on any atom is -0.358 e. The van der Waals surface area contributed by atoms with E-state index in [4.69, 9.17) is 0 Å². The Morgan fingerprint density at radius 1 is 1.00 bits per heavy atom. The summed E-state index contributed by atoms with van der Waals surface area (Å²) in [4.78, 5) is 14.0. The van der Waals surface area contributed by atoms with E-state index in [1.807, 2.05) is 12.1 Å². The summed E-state index contributed by atoms with van der Waals surface area (Å²) in [7, 11) is 0. The quantitative estimate of drug-likeness (QED) is 0.783. The van der Waals surface area contributed by atoms with E-state index in [0.717, 1.165) is 23.4 Å². The molecule has 0 fully saturated rings. The maximum atomic E-state index is 12.8. The third kappa shape index (κ3) is 2.70. The van der Waals surface area contributed by atoms with E-state index in [1.165, 1.54) is 10.5 Å². The second-order valence-electron chi connectivity index (χ2n) is 6.36. The lowest BCUT2D eigenvalue weighted by molar-refractivity contribution is -0.116. The minimum atomic E-state index is 0.0716. The molecule has 0 amide bonds. The molecule has 116 valence electrons. The number of nitrogens with one attached hydrogen (secondary N) is 1. The van der Waals surface area contributed by atoms with Crippen molar-refractivity contribution in [3.8, 4) is 0 Å². The van der Waals surface area contributed by atoms with Crippen molar-refractivity contribution in [1.29, 1.82) is 0 Å². The zero-order valence-corrected chi connectivity index (χ0v) is 13.9. The zero-order valence-electron chi connectivity index (χ0n) is 13.1. The van der Waals surface area contributed by atoms with Crippen molar-refractivity contribution in [2.75, 3.05) is 5.32 Å². The van der Waals surface area contributed by atoms with Gasteiger partial charge in [-0.3, -0.25) is 4.79 Å². The van der Waals surface area contributed by atoms with Gasteiger partial charge in [-0.25, -0.2) is 0 Å². The maximum absolute atomic E-state index is 12.8.